The number of benzene rings is 2. The molecule has 3 rings (SSSR count). The number of nitrogens with zero attached hydrogens (tertiary/aromatic N) is 2. The summed E-state index contributed by atoms with van der Waals surface area (Å²) in [6, 6.07) is 15.0. The van der Waals surface area contributed by atoms with E-state index in [0.29, 0.717) is 22.4 Å². The zero-order chi connectivity index (χ0) is 17.6. The lowest BCUT2D eigenvalue weighted by atomic mass is 10.1. The Bertz CT molecular complexity index is 839. The van der Waals surface area contributed by atoms with Crippen LogP contribution in [-0.4, -0.2) is 29.6 Å². The highest BCUT2D eigenvalue weighted by atomic mass is 35.5. The summed E-state index contributed by atoms with van der Waals surface area (Å²) in [5.41, 5.74) is 1.76. The van der Waals surface area contributed by atoms with Crippen LogP contribution in [0.15, 0.2) is 58.7 Å². The zero-order valence-corrected chi connectivity index (χ0v) is 15.1. The van der Waals surface area contributed by atoms with E-state index in [9.17, 15) is 4.79 Å². The van der Waals surface area contributed by atoms with Crippen molar-refractivity contribution in [2.45, 2.75) is 11.7 Å². The van der Waals surface area contributed by atoms with E-state index >= 15 is 0 Å². The number of halogens is 1. The number of rotatable bonds is 5. The molecule has 0 aromatic heterocycles. The average molecular weight is 374 g/mol. The van der Waals surface area contributed by atoms with Gasteiger partial charge in [-0.15, -0.1) is 5.10 Å². The molecule has 7 heteroatoms. The summed E-state index contributed by atoms with van der Waals surface area (Å²) < 4.78 is 5.25. The molecule has 0 spiro atoms. The van der Waals surface area contributed by atoms with Gasteiger partial charge in [0.25, 0.3) is 0 Å². The van der Waals surface area contributed by atoms with Crippen LogP contribution in [0, 0.1) is 0 Å². The van der Waals surface area contributed by atoms with Gasteiger partial charge in [-0.25, -0.2) is 0 Å². The fourth-order valence-electron chi connectivity index (χ4n) is 2.37. The van der Waals surface area contributed by atoms with Crippen molar-refractivity contribution in [1.82, 2.24) is 5.32 Å². The number of amides is 1. The first-order chi connectivity index (χ1) is 12.2. The first kappa shape index (κ1) is 17.5. The predicted octanol–water partition coefficient (Wildman–Crippen LogP) is 3.51. The Morgan fingerprint density at radius 3 is 2.80 bits per heavy atom. The largest absolute Gasteiger partial charge is 0.496 e. The van der Waals surface area contributed by atoms with E-state index in [-0.39, 0.29) is 11.2 Å². The van der Waals surface area contributed by atoms with Crippen LogP contribution in [0.25, 0.3) is 0 Å². The number of hydrogen-bond donors (Lipinski definition) is 1. The molecule has 1 amide bonds. The number of carbonyl (C=O) groups excluding carboxylic acids is 1. The predicted molar refractivity (Wildman–Crippen MR) is 103 cm³/mol. The Morgan fingerprint density at radius 1 is 1.24 bits per heavy atom. The van der Waals surface area contributed by atoms with Gasteiger partial charge in [-0.1, -0.05) is 53.7 Å². The molecule has 1 fully saturated rings. The van der Waals surface area contributed by atoms with Crippen molar-refractivity contribution in [1.29, 1.82) is 0 Å². The summed E-state index contributed by atoms with van der Waals surface area (Å²) in [6.07, 6.45) is 2.14. The van der Waals surface area contributed by atoms with Gasteiger partial charge in [0.15, 0.2) is 5.17 Å². The van der Waals surface area contributed by atoms with Gasteiger partial charge in [-0.05, 0) is 30.2 Å². The molecule has 1 saturated heterocycles. The van der Waals surface area contributed by atoms with Crippen LogP contribution >= 0.6 is 23.4 Å². The monoisotopic (exact) mass is 373 g/mol. The van der Waals surface area contributed by atoms with Gasteiger partial charge < -0.3 is 10.1 Å². The van der Waals surface area contributed by atoms with Crippen molar-refractivity contribution in [2.24, 2.45) is 10.2 Å². The van der Waals surface area contributed by atoms with E-state index in [1.165, 1.54) is 11.8 Å². The van der Waals surface area contributed by atoms with Gasteiger partial charge in [-0.3, -0.25) is 4.79 Å². The van der Waals surface area contributed by atoms with E-state index in [0.717, 1.165) is 11.1 Å². The maximum absolute atomic E-state index is 12.1. The molecule has 0 aliphatic carbocycles. The summed E-state index contributed by atoms with van der Waals surface area (Å²) in [7, 11) is 1.60. The topological polar surface area (TPSA) is 63.1 Å². The molecule has 0 unspecified atom stereocenters. The van der Waals surface area contributed by atoms with Crippen LogP contribution in [0.1, 0.15) is 11.1 Å². The minimum absolute atomic E-state index is 0.0869. The second-order valence-electron chi connectivity index (χ2n) is 5.28. The number of thioether (sulfide) groups is 1. The molecule has 1 atom stereocenters. The lowest BCUT2D eigenvalue weighted by Gasteiger charge is -2.06. The van der Waals surface area contributed by atoms with Crippen molar-refractivity contribution < 1.29 is 9.53 Å². The van der Waals surface area contributed by atoms with Crippen molar-refractivity contribution >= 4 is 40.7 Å². The van der Waals surface area contributed by atoms with Gasteiger partial charge in [0.1, 0.15) is 5.75 Å². The van der Waals surface area contributed by atoms with Gasteiger partial charge in [-0.2, -0.15) is 5.10 Å². The second kappa shape index (κ2) is 8.18. The minimum Gasteiger partial charge on any atom is -0.496 e. The summed E-state index contributed by atoms with van der Waals surface area (Å²) in [5, 5.41) is 11.8. The molecular weight excluding hydrogens is 358 g/mol. The van der Waals surface area contributed by atoms with Crippen LogP contribution < -0.4 is 10.1 Å². The molecule has 0 radical (unpaired) electrons. The molecule has 0 bridgehead atoms. The van der Waals surface area contributed by atoms with Crippen molar-refractivity contribution in [3.8, 4) is 5.75 Å². The SMILES string of the molecule is COc1ccccc1/C=N\N=C1/NC(=O)[C@H](Cc2ccccc2Cl)S1. The van der Waals surface area contributed by atoms with Crippen LogP contribution in [0.5, 0.6) is 5.75 Å². The van der Waals surface area contributed by atoms with E-state index in [4.69, 9.17) is 16.3 Å². The molecular formula is C18H16ClN3O2S. The lowest BCUT2D eigenvalue weighted by Crippen LogP contribution is -2.26. The van der Waals surface area contributed by atoms with E-state index < -0.39 is 0 Å². The van der Waals surface area contributed by atoms with E-state index in [1.807, 2.05) is 48.5 Å². The normalized spacial score (nSPS) is 18.7. The molecule has 0 saturated carbocycles. The van der Waals surface area contributed by atoms with Crippen LogP contribution in [0.2, 0.25) is 5.02 Å². The third-order valence-corrected chi connectivity index (χ3v) is 5.06. The van der Waals surface area contributed by atoms with Crippen molar-refractivity contribution in [3.63, 3.8) is 0 Å². The van der Waals surface area contributed by atoms with E-state index in [2.05, 4.69) is 15.5 Å². The molecule has 128 valence electrons. The molecule has 25 heavy (non-hydrogen) atoms. The summed E-state index contributed by atoms with van der Waals surface area (Å²) >= 11 is 7.51. The van der Waals surface area contributed by atoms with Crippen molar-refractivity contribution in [3.05, 3.63) is 64.7 Å². The number of hydrogen-bond acceptors (Lipinski definition) is 5. The maximum Gasteiger partial charge on any atom is 0.239 e. The lowest BCUT2D eigenvalue weighted by molar-refractivity contribution is -0.118. The highest BCUT2D eigenvalue weighted by Gasteiger charge is 2.30. The summed E-state index contributed by atoms with van der Waals surface area (Å²) in [4.78, 5) is 12.1. The molecule has 2 aromatic carbocycles. The number of amidine groups is 1. The number of nitrogens with one attached hydrogen (secondary N) is 1. The van der Waals surface area contributed by atoms with Crippen LogP contribution in [0.4, 0.5) is 0 Å². The first-order valence-electron chi connectivity index (χ1n) is 7.62. The minimum atomic E-state index is -0.264. The van der Waals surface area contributed by atoms with Crippen LogP contribution in [-0.2, 0) is 11.2 Å². The van der Waals surface area contributed by atoms with Crippen molar-refractivity contribution in [2.75, 3.05) is 7.11 Å². The standard InChI is InChI=1S/C18H16ClN3O2S/c1-24-15-9-5-3-7-13(15)11-20-22-18-21-17(23)16(25-18)10-12-6-2-4-8-14(12)19/h2-9,11,16H,10H2,1H3,(H,21,22,23)/b20-11-/t16-/m0/s1. The van der Waals surface area contributed by atoms with Gasteiger partial charge in [0.2, 0.25) is 5.91 Å². The third-order valence-electron chi connectivity index (χ3n) is 3.62. The summed E-state index contributed by atoms with van der Waals surface area (Å²) in [5.74, 6) is 0.627. The molecule has 2 aromatic rings. The Kier molecular flexibility index (Phi) is 5.73. The van der Waals surface area contributed by atoms with Crippen LogP contribution in [0.3, 0.4) is 0 Å². The number of methoxy groups -OCH3 is 1. The number of ether oxygens (including phenoxy) is 1. The maximum atomic E-state index is 12.1. The highest BCUT2D eigenvalue weighted by Crippen LogP contribution is 2.26. The highest BCUT2D eigenvalue weighted by molar-refractivity contribution is 8.15. The molecule has 1 heterocycles. The molecule has 1 N–H and O–H groups in total. The molecule has 5 nitrogen and oxygen atoms in total. The van der Waals surface area contributed by atoms with Gasteiger partial charge in [0.05, 0.1) is 18.6 Å². The number of para-hydroxylation sites is 1. The quantitative estimate of drug-likeness (QED) is 0.644. The fraction of sp³-hybridized carbons (Fsp3) is 0.167. The van der Waals surface area contributed by atoms with E-state index in [1.54, 1.807) is 13.3 Å². The van der Waals surface area contributed by atoms with Gasteiger partial charge in [0, 0.05) is 10.6 Å². The Morgan fingerprint density at radius 2 is 2.00 bits per heavy atom. The molecule has 1 aliphatic heterocycles. The first-order valence-corrected chi connectivity index (χ1v) is 8.88. The second-order valence-corrected chi connectivity index (χ2v) is 6.88. The third kappa shape index (κ3) is 4.41. The zero-order valence-electron chi connectivity index (χ0n) is 13.5. The summed E-state index contributed by atoms with van der Waals surface area (Å²) in [6.45, 7) is 0. The fourth-order valence-corrected chi connectivity index (χ4v) is 3.53. The average Bonchev–Trinajstić information content (AvgIpc) is 2.97. The Hall–Kier alpha value is -2.31. The van der Waals surface area contributed by atoms with Gasteiger partial charge >= 0.3 is 0 Å². The number of carbonyl (C=O) groups is 1. The Labute approximate surface area is 155 Å². The smallest absolute Gasteiger partial charge is 0.239 e. The Balaban J connectivity index is 1.67. The molecule has 1 aliphatic rings.